The Morgan fingerprint density at radius 2 is 2.00 bits per heavy atom. The second-order valence-corrected chi connectivity index (χ2v) is 2.02. The Kier molecular flexibility index (Phi) is 2.51. The van der Waals surface area contributed by atoms with Crippen molar-refractivity contribution in [2.24, 2.45) is 5.73 Å². The molecule has 5 heavy (non-hydrogen) atoms. The first kappa shape index (κ1) is 5.18. The third-order valence-electron chi connectivity index (χ3n) is 0.353. The predicted octanol–water partition coefficient (Wildman–Crippen LogP) is 0.190. The van der Waals surface area contributed by atoms with Gasteiger partial charge in [0.1, 0.15) is 0 Å². The van der Waals surface area contributed by atoms with Crippen molar-refractivity contribution in [2.75, 3.05) is 6.26 Å². The van der Waals surface area contributed by atoms with E-state index in [0.29, 0.717) is 0 Å². The van der Waals surface area contributed by atoms with Crippen molar-refractivity contribution in [1.29, 1.82) is 0 Å². The maximum atomic E-state index is 5.20. The van der Waals surface area contributed by atoms with Gasteiger partial charge < -0.3 is 5.73 Å². The van der Waals surface area contributed by atoms with Crippen LogP contribution in [0, 0.1) is 0 Å². The highest BCUT2D eigenvalue weighted by Gasteiger charge is 1.59. The molecule has 0 bridgehead atoms. The standard InChI is InChI=1S/C3H9NS/c1-3(4)5-2/h5H,4H2,1-2H3. The molecular weight excluding hydrogens is 82.1 g/mol. The Labute approximate surface area is 36.1 Å². The molecule has 32 valence electrons. The molecule has 0 spiro atoms. The van der Waals surface area contributed by atoms with Crippen LogP contribution < -0.4 is 5.73 Å². The maximum absolute atomic E-state index is 5.20. The fraction of sp³-hybridized carbons (Fsp3) is 0.667. The van der Waals surface area contributed by atoms with Crippen molar-refractivity contribution in [3.63, 3.8) is 0 Å². The Bertz CT molecular complexity index is 44.9. The summed E-state index contributed by atoms with van der Waals surface area (Å²) in [7, 11) is 0. The van der Waals surface area contributed by atoms with Gasteiger partial charge in [-0.2, -0.15) is 11.4 Å². The molecule has 2 heteroatoms. The lowest BCUT2D eigenvalue weighted by molar-refractivity contribution is 1.73. The molecule has 0 aliphatic rings. The van der Waals surface area contributed by atoms with E-state index in [1.165, 1.54) is 11.4 Å². The number of hydrogen-bond acceptors (Lipinski definition) is 0. The molecule has 0 aliphatic heterocycles. The lowest BCUT2D eigenvalue weighted by Crippen LogP contribution is -2.00. The first-order chi connectivity index (χ1) is 2.27. The monoisotopic (exact) mass is 91.0 g/mol. The molecule has 0 unspecified atom stereocenters. The van der Waals surface area contributed by atoms with Gasteiger partial charge in [0.15, 0.2) is 0 Å². The minimum atomic E-state index is 0.977. The van der Waals surface area contributed by atoms with E-state index < -0.39 is 0 Å². The highest BCUT2D eigenvalue weighted by molar-refractivity contribution is 7.97. The molecule has 0 aromatic heterocycles. The van der Waals surface area contributed by atoms with Gasteiger partial charge in [0, 0.05) is 4.99 Å². The van der Waals surface area contributed by atoms with E-state index in [1.54, 1.807) is 0 Å². The molecule has 0 aromatic rings. The van der Waals surface area contributed by atoms with Crippen LogP contribution in [0.5, 0.6) is 0 Å². The number of rotatable bonds is 0. The van der Waals surface area contributed by atoms with E-state index in [4.69, 9.17) is 5.73 Å². The van der Waals surface area contributed by atoms with Gasteiger partial charge in [-0.05, 0) is 13.2 Å². The van der Waals surface area contributed by atoms with Crippen molar-refractivity contribution in [3.8, 4) is 0 Å². The molecule has 0 atom stereocenters. The average Bonchev–Trinajstić information content (AvgIpc) is 1.38. The number of hydrogen-bond donors (Lipinski definition) is 2. The molecule has 0 aromatic carbocycles. The van der Waals surface area contributed by atoms with Crippen LogP contribution in [-0.4, -0.2) is 11.2 Å². The topological polar surface area (TPSA) is 26.0 Å². The molecule has 0 rings (SSSR count). The normalized spacial score (nSPS) is 13.8. The van der Waals surface area contributed by atoms with Crippen LogP contribution in [0.1, 0.15) is 6.92 Å². The molecule has 0 radical (unpaired) electrons. The molecule has 0 saturated heterocycles. The van der Waals surface area contributed by atoms with Crippen LogP contribution in [0.2, 0.25) is 0 Å². The van der Waals surface area contributed by atoms with E-state index in [0.717, 1.165) is 4.99 Å². The Morgan fingerprint density at radius 1 is 1.80 bits per heavy atom. The Hall–Kier alpha value is 0.180. The van der Waals surface area contributed by atoms with Gasteiger partial charge in [0.05, 0.1) is 0 Å². The van der Waals surface area contributed by atoms with Gasteiger partial charge in [0.2, 0.25) is 0 Å². The summed E-state index contributed by atoms with van der Waals surface area (Å²) in [5.74, 6) is 0. The zero-order valence-corrected chi connectivity index (χ0v) is 4.42. The fourth-order valence-electron chi connectivity index (χ4n) is 0. The summed E-state index contributed by atoms with van der Waals surface area (Å²) in [6.07, 6.45) is 2.01. The fourth-order valence-corrected chi connectivity index (χ4v) is 0. The summed E-state index contributed by atoms with van der Waals surface area (Å²) in [6, 6.07) is 0. The van der Waals surface area contributed by atoms with Crippen LogP contribution in [0.3, 0.4) is 0 Å². The highest BCUT2D eigenvalue weighted by atomic mass is 32.1. The quantitative estimate of drug-likeness (QED) is 0.323. The van der Waals surface area contributed by atoms with Gasteiger partial charge in [0.25, 0.3) is 0 Å². The van der Waals surface area contributed by atoms with Gasteiger partial charge >= 0.3 is 0 Å². The van der Waals surface area contributed by atoms with Crippen molar-refractivity contribution < 1.29 is 0 Å². The van der Waals surface area contributed by atoms with E-state index in [2.05, 4.69) is 0 Å². The molecule has 0 aliphatic carbocycles. The molecule has 1 nitrogen and oxygen atoms in total. The molecule has 0 amide bonds. The lowest BCUT2D eigenvalue weighted by atomic mass is 10.8. The van der Waals surface area contributed by atoms with E-state index in [-0.39, 0.29) is 0 Å². The van der Waals surface area contributed by atoms with Crippen molar-refractivity contribution >= 4 is 16.3 Å². The Balaban J connectivity index is 3.14. The van der Waals surface area contributed by atoms with Gasteiger partial charge in [-0.15, -0.1) is 0 Å². The largest absolute Gasteiger partial charge is 0.302 e. The predicted molar refractivity (Wildman–Crippen MR) is 29.8 cm³/mol. The van der Waals surface area contributed by atoms with Crippen LogP contribution in [0.4, 0.5) is 0 Å². The summed E-state index contributed by atoms with van der Waals surface area (Å²) < 4.78 is 0. The zero-order chi connectivity index (χ0) is 4.28. The zero-order valence-electron chi connectivity index (χ0n) is 3.52. The summed E-state index contributed by atoms with van der Waals surface area (Å²) >= 11 is 1.19. The third kappa shape index (κ3) is 4.18. The number of nitrogens with two attached hydrogens (primary N) is 1. The van der Waals surface area contributed by atoms with Crippen molar-refractivity contribution in [2.45, 2.75) is 6.92 Å². The first-order valence-electron chi connectivity index (χ1n) is 1.46. The van der Waals surface area contributed by atoms with E-state index >= 15 is 0 Å². The lowest BCUT2D eigenvalue weighted by Gasteiger charge is -1.76. The minimum Gasteiger partial charge on any atom is -0.302 e. The van der Waals surface area contributed by atoms with Crippen LogP contribution in [0.15, 0.2) is 0 Å². The molecule has 0 fully saturated rings. The second-order valence-electron chi connectivity index (χ2n) is 0.865. The molecular formula is C3H9NS. The van der Waals surface area contributed by atoms with Gasteiger partial charge in [-0.1, -0.05) is 0 Å². The van der Waals surface area contributed by atoms with Gasteiger partial charge in [-0.3, -0.25) is 0 Å². The molecule has 0 saturated carbocycles. The summed E-state index contributed by atoms with van der Waals surface area (Å²) in [6.45, 7) is 1.90. The Morgan fingerprint density at radius 3 is 2.00 bits per heavy atom. The minimum absolute atomic E-state index is 0.977. The summed E-state index contributed by atoms with van der Waals surface area (Å²) in [4.78, 5) is 0.977. The number of thiol groups is 1. The van der Waals surface area contributed by atoms with Crippen molar-refractivity contribution in [1.82, 2.24) is 0 Å². The highest BCUT2D eigenvalue weighted by Crippen LogP contribution is 1.70. The van der Waals surface area contributed by atoms with E-state index in [1.807, 2.05) is 13.2 Å². The van der Waals surface area contributed by atoms with Gasteiger partial charge in [-0.25, -0.2) is 0 Å². The molecule has 0 heterocycles. The third-order valence-corrected chi connectivity index (χ3v) is 1.06. The van der Waals surface area contributed by atoms with Crippen LogP contribution in [-0.2, 0) is 0 Å². The maximum Gasteiger partial charge on any atom is 0.00662 e. The van der Waals surface area contributed by atoms with Crippen LogP contribution >= 0.6 is 11.4 Å². The van der Waals surface area contributed by atoms with Crippen molar-refractivity contribution in [3.05, 3.63) is 0 Å². The summed E-state index contributed by atoms with van der Waals surface area (Å²) in [5, 5.41) is 0. The summed E-state index contributed by atoms with van der Waals surface area (Å²) in [5.41, 5.74) is 5.20. The molecule has 2 N–H and O–H groups in total. The SMILES string of the molecule is C[SH]=C(C)N. The average molecular weight is 91.2 g/mol. The van der Waals surface area contributed by atoms with Crippen LogP contribution in [0.25, 0.3) is 0 Å². The second kappa shape index (κ2) is 2.42. The van der Waals surface area contributed by atoms with E-state index in [9.17, 15) is 0 Å². The first-order valence-corrected chi connectivity index (χ1v) is 2.80. The smallest absolute Gasteiger partial charge is 0.00662 e.